The fraction of sp³-hybridized carbons (Fsp3) is 0.450. The van der Waals surface area contributed by atoms with E-state index in [4.69, 9.17) is 0 Å². The van der Waals surface area contributed by atoms with Crippen LogP contribution in [0.4, 0.5) is 0 Å². The summed E-state index contributed by atoms with van der Waals surface area (Å²) in [5, 5.41) is 10.4. The molecule has 0 saturated heterocycles. The highest BCUT2D eigenvalue weighted by atomic mass is 16.3. The van der Waals surface area contributed by atoms with E-state index in [1.165, 1.54) is 37.7 Å². The zero-order chi connectivity index (χ0) is 15.4. The highest BCUT2D eigenvalue weighted by Gasteiger charge is 2.27. The largest absolute Gasteiger partial charge is 0.508 e. The lowest BCUT2D eigenvalue weighted by atomic mass is 9.74. The van der Waals surface area contributed by atoms with Crippen LogP contribution in [0.25, 0.3) is 0 Å². The average Bonchev–Trinajstić information content (AvgIpc) is 2.57. The molecule has 1 aromatic heterocycles. The van der Waals surface area contributed by atoms with E-state index in [0.29, 0.717) is 17.6 Å². The third-order valence-corrected chi connectivity index (χ3v) is 4.96. The molecule has 3 rings (SSSR count). The van der Waals surface area contributed by atoms with Gasteiger partial charge in [-0.1, -0.05) is 43.0 Å². The van der Waals surface area contributed by atoms with Crippen LogP contribution in [0.2, 0.25) is 0 Å². The summed E-state index contributed by atoms with van der Waals surface area (Å²) in [6, 6.07) is 12.1. The SMILES string of the molecule is Cc1ccc(O)c(C(Cc2ccccn2)C2CCCCC2)c1. The van der Waals surface area contributed by atoms with Crippen LogP contribution in [-0.2, 0) is 6.42 Å². The number of pyridine rings is 1. The zero-order valence-electron chi connectivity index (χ0n) is 13.3. The van der Waals surface area contributed by atoms with E-state index >= 15 is 0 Å². The summed E-state index contributed by atoms with van der Waals surface area (Å²) in [4.78, 5) is 4.51. The molecule has 2 nitrogen and oxygen atoms in total. The van der Waals surface area contributed by atoms with Gasteiger partial charge in [-0.25, -0.2) is 0 Å². The van der Waals surface area contributed by atoms with Gasteiger partial charge in [0.25, 0.3) is 0 Å². The molecule has 1 aliphatic carbocycles. The highest BCUT2D eigenvalue weighted by Crippen LogP contribution is 2.41. The predicted octanol–water partition coefficient (Wildman–Crippen LogP) is 5.00. The van der Waals surface area contributed by atoms with Gasteiger partial charge in [0.05, 0.1) is 0 Å². The lowest BCUT2D eigenvalue weighted by Gasteiger charge is -2.31. The van der Waals surface area contributed by atoms with E-state index in [0.717, 1.165) is 17.7 Å². The van der Waals surface area contributed by atoms with E-state index in [9.17, 15) is 5.11 Å². The molecule has 1 aromatic carbocycles. The van der Waals surface area contributed by atoms with Crippen LogP contribution in [0.5, 0.6) is 5.75 Å². The number of rotatable bonds is 4. The third kappa shape index (κ3) is 3.49. The second kappa shape index (κ2) is 6.95. The molecule has 1 aliphatic rings. The third-order valence-electron chi connectivity index (χ3n) is 4.96. The molecule has 1 atom stereocenters. The van der Waals surface area contributed by atoms with Crippen molar-refractivity contribution in [2.24, 2.45) is 5.92 Å². The molecule has 1 fully saturated rings. The fourth-order valence-electron chi connectivity index (χ4n) is 3.78. The van der Waals surface area contributed by atoms with Crippen molar-refractivity contribution in [2.75, 3.05) is 0 Å². The van der Waals surface area contributed by atoms with E-state index in [2.05, 4.69) is 30.1 Å². The van der Waals surface area contributed by atoms with Gasteiger partial charge in [0.2, 0.25) is 0 Å². The van der Waals surface area contributed by atoms with Gasteiger partial charge in [-0.2, -0.15) is 0 Å². The van der Waals surface area contributed by atoms with Crippen molar-refractivity contribution in [1.82, 2.24) is 4.98 Å². The predicted molar refractivity (Wildman–Crippen MR) is 90.1 cm³/mol. The minimum Gasteiger partial charge on any atom is -0.508 e. The van der Waals surface area contributed by atoms with Crippen LogP contribution in [0.3, 0.4) is 0 Å². The second-order valence-electron chi connectivity index (χ2n) is 6.59. The molecule has 1 unspecified atom stereocenters. The molecule has 2 heteroatoms. The Balaban J connectivity index is 1.92. The molecule has 116 valence electrons. The Hall–Kier alpha value is -1.83. The summed E-state index contributed by atoms with van der Waals surface area (Å²) in [6.45, 7) is 2.10. The second-order valence-corrected chi connectivity index (χ2v) is 6.59. The van der Waals surface area contributed by atoms with E-state index in [1.54, 1.807) is 0 Å². The molecular weight excluding hydrogens is 270 g/mol. The number of nitrogens with zero attached hydrogens (tertiary/aromatic N) is 1. The van der Waals surface area contributed by atoms with Crippen LogP contribution in [-0.4, -0.2) is 10.1 Å². The van der Waals surface area contributed by atoms with Crippen molar-refractivity contribution < 1.29 is 5.11 Å². The quantitative estimate of drug-likeness (QED) is 0.860. The number of aromatic nitrogens is 1. The number of hydrogen-bond acceptors (Lipinski definition) is 2. The monoisotopic (exact) mass is 295 g/mol. The molecule has 1 heterocycles. The van der Waals surface area contributed by atoms with Crippen molar-refractivity contribution in [1.29, 1.82) is 0 Å². The van der Waals surface area contributed by atoms with Crippen LogP contribution in [0.1, 0.15) is 54.8 Å². The van der Waals surface area contributed by atoms with Gasteiger partial charge < -0.3 is 5.11 Å². The van der Waals surface area contributed by atoms with Gasteiger partial charge in [0.1, 0.15) is 5.75 Å². The van der Waals surface area contributed by atoms with E-state index in [1.807, 2.05) is 24.4 Å². The molecule has 1 saturated carbocycles. The van der Waals surface area contributed by atoms with Gasteiger partial charge in [-0.3, -0.25) is 4.98 Å². The van der Waals surface area contributed by atoms with Crippen molar-refractivity contribution in [3.8, 4) is 5.75 Å². The summed E-state index contributed by atoms with van der Waals surface area (Å²) < 4.78 is 0. The Morgan fingerprint density at radius 2 is 1.95 bits per heavy atom. The lowest BCUT2D eigenvalue weighted by molar-refractivity contribution is 0.296. The number of phenols is 1. The molecule has 1 N–H and O–H groups in total. The first-order chi connectivity index (χ1) is 10.7. The molecule has 0 radical (unpaired) electrons. The van der Waals surface area contributed by atoms with Gasteiger partial charge in [-0.05, 0) is 61.8 Å². The number of hydrogen-bond donors (Lipinski definition) is 1. The number of aryl methyl sites for hydroxylation is 1. The Morgan fingerprint density at radius 1 is 1.14 bits per heavy atom. The molecule has 22 heavy (non-hydrogen) atoms. The van der Waals surface area contributed by atoms with Crippen LogP contribution >= 0.6 is 0 Å². The maximum atomic E-state index is 10.4. The Morgan fingerprint density at radius 3 is 2.68 bits per heavy atom. The molecular formula is C20H25NO. The van der Waals surface area contributed by atoms with Crippen LogP contribution in [0, 0.1) is 12.8 Å². The molecule has 0 bridgehead atoms. The number of aromatic hydroxyl groups is 1. The van der Waals surface area contributed by atoms with Gasteiger partial charge >= 0.3 is 0 Å². The Kier molecular flexibility index (Phi) is 4.77. The maximum Gasteiger partial charge on any atom is 0.119 e. The van der Waals surface area contributed by atoms with Crippen molar-refractivity contribution in [3.05, 3.63) is 59.4 Å². The normalized spacial score (nSPS) is 17.3. The smallest absolute Gasteiger partial charge is 0.119 e. The summed E-state index contributed by atoms with van der Waals surface area (Å²) in [5.74, 6) is 1.47. The van der Waals surface area contributed by atoms with Crippen LogP contribution in [0.15, 0.2) is 42.6 Å². The molecule has 0 amide bonds. The summed E-state index contributed by atoms with van der Waals surface area (Å²) >= 11 is 0. The minimum atomic E-state index is 0.370. The summed E-state index contributed by atoms with van der Waals surface area (Å²) in [6.07, 6.45) is 9.31. The number of phenolic OH excluding ortho intramolecular Hbond substituents is 1. The molecule has 0 aliphatic heterocycles. The van der Waals surface area contributed by atoms with Crippen LogP contribution < -0.4 is 0 Å². The Bertz CT molecular complexity index is 602. The first-order valence-electron chi connectivity index (χ1n) is 8.43. The van der Waals surface area contributed by atoms with Crippen molar-refractivity contribution in [3.63, 3.8) is 0 Å². The maximum absolute atomic E-state index is 10.4. The van der Waals surface area contributed by atoms with E-state index in [-0.39, 0.29) is 0 Å². The van der Waals surface area contributed by atoms with E-state index < -0.39 is 0 Å². The standard InChI is InChI=1S/C20H25NO/c1-15-10-11-20(22)19(13-15)18(16-7-3-2-4-8-16)14-17-9-5-6-12-21-17/h5-6,9-13,16,18,22H,2-4,7-8,14H2,1H3. The first kappa shape index (κ1) is 15.1. The van der Waals surface area contributed by atoms with Gasteiger partial charge in [0.15, 0.2) is 0 Å². The zero-order valence-corrected chi connectivity index (χ0v) is 13.3. The summed E-state index contributed by atoms with van der Waals surface area (Å²) in [7, 11) is 0. The highest BCUT2D eigenvalue weighted by molar-refractivity contribution is 5.39. The van der Waals surface area contributed by atoms with Gasteiger partial charge in [-0.15, -0.1) is 0 Å². The lowest BCUT2D eigenvalue weighted by Crippen LogP contribution is -2.19. The fourth-order valence-corrected chi connectivity index (χ4v) is 3.78. The Labute approximate surface area is 133 Å². The topological polar surface area (TPSA) is 33.1 Å². The number of benzene rings is 1. The first-order valence-corrected chi connectivity index (χ1v) is 8.43. The summed E-state index contributed by atoms with van der Waals surface area (Å²) in [5.41, 5.74) is 3.45. The van der Waals surface area contributed by atoms with Gasteiger partial charge in [0, 0.05) is 11.9 Å². The average molecular weight is 295 g/mol. The molecule has 2 aromatic rings. The molecule has 0 spiro atoms. The van der Waals surface area contributed by atoms with Crippen molar-refractivity contribution >= 4 is 0 Å². The van der Waals surface area contributed by atoms with Crippen molar-refractivity contribution in [2.45, 2.75) is 51.4 Å². The minimum absolute atomic E-state index is 0.370.